The van der Waals surface area contributed by atoms with Crippen LogP contribution in [0.5, 0.6) is 0 Å². The molecule has 4 fully saturated rings. The van der Waals surface area contributed by atoms with E-state index in [1.54, 1.807) is 40.1 Å². The first-order valence-corrected chi connectivity index (χ1v) is 28.8. The van der Waals surface area contributed by atoms with E-state index in [0.717, 1.165) is 86.1 Å². The van der Waals surface area contributed by atoms with E-state index >= 15 is 0 Å². The predicted molar refractivity (Wildman–Crippen MR) is 303 cm³/mol. The Hall–Kier alpha value is -6.20. The molecule has 2 saturated carbocycles. The van der Waals surface area contributed by atoms with Gasteiger partial charge in [0.05, 0.1) is 50.6 Å². The minimum absolute atomic E-state index is 0.0230. The summed E-state index contributed by atoms with van der Waals surface area (Å²) < 4.78 is 12.1. The fourth-order valence-electron chi connectivity index (χ4n) is 11.8. The number of hydrogen-bond donors (Lipinski definition) is 4. The van der Waals surface area contributed by atoms with E-state index in [0.29, 0.717) is 63.4 Å². The van der Waals surface area contributed by atoms with Gasteiger partial charge in [-0.1, -0.05) is 111 Å². The Morgan fingerprint density at radius 3 is 1.29 bits per heavy atom. The molecule has 0 aromatic heterocycles. The molecule has 8 rings (SSSR count). The first-order valence-electron chi connectivity index (χ1n) is 28.8. The van der Waals surface area contributed by atoms with Crippen LogP contribution in [0.15, 0.2) is 97.1 Å². The van der Waals surface area contributed by atoms with Gasteiger partial charge in [0.1, 0.15) is 12.1 Å². The van der Waals surface area contributed by atoms with Gasteiger partial charge < -0.3 is 50.3 Å². The molecule has 2 aliphatic heterocycles. The number of carbonyl (C=O) groups is 6. The molecule has 16 nitrogen and oxygen atoms in total. The van der Waals surface area contributed by atoms with Crippen LogP contribution in [0.4, 0.5) is 0 Å². The number of benzene rings is 4. The number of amides is 6. The van der Waals surface area contributed by atoms with Crippen molar-refractivity contribution >= 4 is 46.2 Å². The summed E-state index contributed by atoms with van der Waals surface area (Å²) in [6.07, 6.45) is 10.9. The van der Waals surface area contributed by atoms with Crippen LogP contribution in [0.25, 0.3) is 10.8 Å². The maximum atomic E-state index is 14.9. The van der Waals surface area contributed by atoms with Gasteiger partial charge >= 0.3 is 0 Å². The van der Waals surface area contributed by atoms with Gasteiger partial charge in [-0.15, -0.1) is 0 Å². The lowest BCUT2D eigenvalue weighted by Crippen LogP contribution is -2.61. The highest BCUT2D eigenvalue weighted by Gasteiger charge is 2.41. The summed E-state index contributed by atoms with van der Waals surface area (Å²) in [5, 5.41) is 13.8. The standard InChI is InChI=1S/C62H84N8O8/c1-43(63-3)57(71)65-55(47-21-13-7-14-22-47)61(75)69-33-35-77-41-53(69)39-67(31-29-45-17-9-5-10-18-45)59(73)51-27-25-50-38-52(28-26-49(50)37-51)60(74)68(32-30-46-19-11-6-12-20-46)40-54-42-78-36-34-70(54)62(76)56(48-23-15-8-16-24-48)66-58(72)44(2)64-4/h5-6,9-12,17-20,25-28,37-38,43-44,47-48,53-56,63-64H,7-8,13-16,21-24,29-36,39-42H2,1-4H3,(H,65,71)(H,66,72)/t43-,44-,53+,54+,55-,56-/m0/s1. The van der Waals surface area contributed by atoms with E-state index in [-0.39, 0.29) is 73.6 Å². The third kappa shape index (κ3) is 15.1. The van der Waals surface area contributed by atoms with Crippen LogP contribution in [-0.2, 0) is 41.5 Å². The van der Waals surface area contributed by atoms with E-state index in [4.69, 9.17) is 9.47 Å². The number of nitrogens with one attached hydrogen (secondary N) is 4. The number of ether oxygens (including phenoxy) is 2. The SMILES string of the molecule is CN[C@@H](C)C(=O)N[C@H](C(=O)N1CCOC[C@H]1CN(CCc1ccccc1)C(=O)c1ccc2cc(C(=O)N(CCc3ccccc3)C[C@@H]3COCCN3C(=O)[C@@H](NC(=O)[C@H](C)NC)C3CCCCC3)ccc2c1)C1CCCCC1. The second kappa shape index (κ2) is 28.6. The molecule has 6 amide bonds. The molecule has 2 heterocycles. The number of rotatable bonds is 22. The zero-order chi connectivity index (χ0) is 55.0. The van der Waals surface area contributed by atoms with E-state index in [2.05, 4.69) is 21.3 Å². The van der Waals surface area contributed by atoms with Crippen molar-refractivity contribution in [3.8, 4) is 0 Å². The average molecular weight is 1070 g/mol. The lowest BCUT2D eigenvalue weighted by molar-refractivity contribution is -0.147. The second-order valence-electron chi connectivity index (χ2n) is 22.1. The van der Waals surface area contributed by atoms with Gasteiger partial charge in [-0.05, 0) is 124 Å². The maximum absolute atomic E-state index is 14.9. The highest BCUT2D eigenvalue weighted by Crippen LogP contribution is 2.31. The highest BCUT2D eigenvalue weighted by molar-refractivity contribution is 6.02. The summed E-state index contributed by atoms with van der Waals surface area (Å²) in [5.74, 6) is -1.00. The molecule has 420 valence electrons. The smallest absolute Gasteiger partial charge is 0.253 e. The van der Waals surface area contributed by atoms with Crippen LogP contribution in [0, 0.1) is 11.8 Å². The van der Waals surface area contributed by atoms with E-state index < -0.39 is 36.3 Å². The molecule has 78 heavy (non-hydrogen) atoms. The Bertz CT molecular complexity index is 2450. The van der Waals surface area contributed by atoms with Gasteiger partial charge in [0, 0.05) is 50.4 Å². The quantitative estimate of drug-likeness (QED) is 0.0728. The number of morpholine rings is 2. The molecule has 0 bridgehead atoms. The minimum atomic E-state index is -0.673. The van der Waals surface area contributed by atoms with Crippen LogP contribution < -0.4 is 21.3 Å². The Kier molecular flexibility index (Phi) is 21.3. The Labute approximate surface area is 461 Å². The topological polar surface area (TPSA) is 182 Å². The molecular weight excluding hydrogens is 985 g/mol. The fraction of sp³-hybridized carbons (Fsp3) is 0.548. The Balaban J connectivity index is 1.03. The zero-order valence-corrected chi connectivity index (χ0v) is 46.5. The summed E-state index contributed by atoms with van der Waals surface area (Å²) >= 11 is 0. The molecule has 0 spiro atoms. The molecule has 4 aromatic carbocycles. The van der Waals surface area contributed by atoms with Gasteiger partial charge in [-0.3, -0.25) is 28.8 Å². The lowest BCUT2D eigenvalue weighted by Gasteiger charge is -2.42. The van der Waals surface area contributed by atoms with Crippen LogP contribution >= 0.6 is 0 Å². The minimum Gasteiger partial charge on any atom is -0.377 e. The second-order valence-corrected chi connectivity index (χ2v) is 22.1. The Morgan fingerprint density at radius 2 is 0.923 bits per heavy atom. The number of carbonyl (C=O) groups excluding carboxylic acids is 6. The molecule has 4 N–H and O–H groups in total. The summed E-state index contributed by atoms with van der Waals surface area (Å²) in [5.41, 5.74) is 3.12. The van der Waals surface area contributed by atoms with E-state index in [1.807, 2.05) is 105 Å². The van der Waals surface area contributed by atoms with Gasteiger partial charge in [0.2, 0.25) is 23.6 Å². The van der Waals surface area contributed by atoms with Crippen molar-refractivity contribution < 1.29 is 38.2 Å². The number of nitrogens with zero attached hydrogens (tertiary/aromatic N) is 4. The van der Waals surface area contributed by atoms with Crippen molar-refractivity contribution in [2.75, 3.05) is 79.8 Å². The number of fused-ring (bicyclic) bond motifs is 1. The van der Waals surface area contributed by atoms with Crippen LogP contribution in [0.2, 0.25) is 0 Å². The summed E-state index contributed by atoms with van der Waals surface area (Å²) in [6.45, 7) is 6.80. The summed E-state index contributed by atoms with van der Waals surface area (Å²) in [4.78, 5) is 93.4. The normalized spacial score (nSPS) is 20.0. The van der Waals surface area contributed by atoms with Gasteiger partial charge in [0.15, 0.2) is 0 Å². The first-order chi connectivity index (χ1) is 37.9. The zero-order valence-electron chi connectivity index (χ0n) is 46.5. The van der Waals surface area contributed by atoms with Crippen molar-refractivity contribution in [2.24, 2.45) is 11.8 Å². The van der Waals surface area contributed by atoms with Crippen molar-refractivity contribution in [1.82, 2.24) is 40.9 Å². The highest BCUT2D eigenvalue weighted by atomic mass is 16.5. The van der Waals surface area contributed by atoms with Crippen LogP contribution in [-0.4, -0.2) is 171 Å². The lowest BCUT2D eigenvalue weighted by atomic mass is 9.83. The monoisotopic (exact) mass is 1070 g/mol. The van der Waals surface area contributed by atoms with Crippen molar-refractivity contribution in [2.45, 2.75) is 127 Å². The van der Waals surface area contributed by atoms with Gasteiger partial charge in [-0.2, -0.15) is 0 Å². The van der Waals surface area contributed by atoms with Crippen molar-refractivity contribution in [3.05, 3.63) is 119 Å². The fourth-order valence-corrected chi connectivity index (χ4v) is 11.8. The van der Waals surface area contributed by atoms with Gasteiger partial charge in [0.25, 0.3) is 11.8 Å². The molecule has 4 aliphatic rings. The molecule has 6 atom stereocenters. The predicted octanol–water partition coefficient (Wildman–Crippen LogP) is 6.01. The average Bonchev–Trinajstić information content (AvgIpc) is 3.52. The van der Waals surface area contributed by atoms with Crippen LogP contribution in [0.3, 0.4) is 0 Å². The Morgan fingerprint density at radius 1 is 0.538 bits per heavy atom. The largest absolute Gasteiger partial charge is 0.377 e. The van der Waals surface area contributed by atoms with E-state index in [9.17, 15) is 28.8 Å². The third-order valence-corrected chi connectivity index (χ3v) is 16.8. The van der Waals surface area contributed by atoms with Gasteiger partial charge in [-0.25, -0.2) is 0 Å². The molecule has 0 radical (unpaired) electrons. The van der Waals surface area contributed by atoms with Crippen molar-refractivity contribution in [1.29, 1.82) is 0 Å². The molecule has 2 aliphatic carbocycles. The molecule has 16 heteroatoms. The molecule has 0 unspecified atom stereocenters. The number of hydrogen-bond acceptors (Lipinski definition) is 10. The van der Waals surface area contributed by atoms with Crippen molar-refractivity contribution in [3.63, 3.8) is 0 Å². The summed E-state index contributed by atoms with van der Waals surface area (Å²) in [7, 11) is 3.47. The molecule has 4 aromatic rings. The first kappa shape index (κ1) is 58.0. The maximum Gasteiger partial charge on any atom is 0.253 e. The summed E-state index contributed by atoms with van der Waals surface area (Å²) in [6, 6.07) is 28.0. The molecule has 2 saturated heterocycles. The number of likely N-dealkylation sites (N-methyl/N-ethyl adjacent to an activating group) is 2. The third-order valence-electron chi connectivity index (χ3n) is 16.8. The van der Waals surface area contributed by atoms with Crippen LogP contribution in [0.1, 0.15) is 110 Å². The van der Waals surface area contributed by atoms with E-state index in [1.165, 1.54) is 0 Å². The molecular formula is C62H84N8O8.